The fourth-order valence-electron chi connectivity index (χ4n) is 2.32. The zero-order chi connectivity index (χ0) is 10.9. The molecule has 0 atom stereocenters. The zero-order valence-electron chi connectivity index (χ0n) is 9.73. The maximum absolute atomic E-state index is 8.16. The molecule has 0 aromatic rings. The van der Waals surface area contributed by atoms with Crippen LogP contribution in [0.4, 0.5) is 0 Å². The molecule has 0 aliphatic heterocycles. The zero-order valence-corrected chi connectivity index (χ0v) is 9.73. The average molecular weight is 210 g/mol. The van der Waals surface area contributed by atoms with Crippen LogP contribution in [0.15, 0.2) is 5.11 Å². The van der Waals surface area contributed by atoms with E-state index in [-0.39, 0.29) is 0 Å². The molecule has 1 saturated carbocycles. The largest absolute Gasteiger partial charge is 0.303 e. The van der Waals surface area contributed by atoms with Gasteiger partial charge >= 0.3 is 0 Å². The molecule has 4 nitrogen and oxygen atoms in total. The molecular formula is C11H22N4. The lowest BCUT2D eigenvalue weighted by molar-refractivity contribution is 0.220. The number of hydrogen-bond acceptors (Lipinski definition) is 2. The Morgan fingerprint density at radius 3 is 2.53 bits per heavy atom. The van der Waals surface area contributed by atoms with E-state index in [1.54, 1.807) is 0 Å². The summed E-state index contributed by atoms with van der Waals surface area (Å²) >= 11 is 0. The van der Waals surface area contributed by atoms with E-state index in [9.17, 15) is 0 Å². The van der Waals surface area contributed by atoms with Gasteiger partial charge in [0.15, 0.2) is 0 Å². The molecule has 0 aromatic carbocycles. The van der Waals surface area contributed by atoms with Gasteiger partial charge in [-0.05, 0) is 38.4 Å². The Bertz CT molecular complexity index is 203. The molecule has 4 heteroatoms. The van der Waals surface area contributed by atoms with Gasteiger partial charge in [-0.2, -0.15) is 0 Å². The van der Waals surface area contributed by atoms with Crippen molar-refractivity contribution in [3.05, 3.63) is 10.4 Å². The van der Waals surface area contributed by atoms with Crippen molar-refractivity contribution < 1.29 is 0 Å². The van der Waals surface area contributed by atoms with Crippen molar-refractivity contribution in [1.82, 2.24) is 4.90 Å². The molecular weight excluding hydrogens is 188 g/mol. The van der Waals surface area contributed by atoms with Crippen molar-refractivity contribution in [2.45, 2.75) is 51.0 Å². The monoisotopic (exact) mass is 210 g/mol. The Kier molecular flexibility index (Phi) is 6.21. The van der Waals surface area contributed by atoms with Crippen LogP contribution in [0.1, 0.15) is 44.9 Å². The molecule has 0 N–H and O–H groups in total. The molecule has 0 unspecified atom stereocenters. The molecule has 0 amide bonds. The lowest BCUT2D eigenvalue weighted by Crippen LogP contribution is -2.32. The van der Waals surface area contributed by atoms with E-state index in [2.05, 4.69) is 22.0 Å². The van der Waals surface area contributed by atoms with E-state index in [1.807, 2.05) is 0 Å². The van der Waals surface area contributed by atoms with Gasteiger partial charge in [0.25, 0.3) is 0 Å². The maximum atomic E-state index is 8.16. The van der Waals surface area contributed by atoms with Crippen molar-refractivity contribution in [3.63, 3.8) is 0 Å². The van der Waals surface area contributed by atoms with Gasteiger partial charge in [0.05, 0.1) is 0 Å². The third-order valence-corrected chi connectivity index (χ3v) is 3.28. The summed E-state index contributed by atoms with van der Waals surface area (Å²) in [4.78, 5) is 5.21. The van der Waals surface area contributed by atoms with Crippen LogP contribution in [0.5, 0.6) is 0 Å². The Labute approximate surface area is 92.3 Å². The quantitative estimate of drug-likeness (QED) is 0.226. The Balaban J connectivity index is 2.18. The number of rotatable bonds is 5. The minimum Gasteiger partial charge on any atom is -0.303 e. The molecule has 1 aliphatic carbocycles. The molecule has 0 bridgehead atoms. The van der Waals surface area contributed by atoms with E-state index in [1.165, 1.54) is 38.5 Å². The molecule has 0 saturated heterocycles. The van der Waals surface area contributed by atoms with Crippen LogP contribution < -0.4 is 0 Å². The van der Waals surface area contributed by atoms with Crippen LogP contribution >= 0.6 is 0 Å². The second-order valence-electron chi connectivity index (χ2n) is 4.43. The van der Waals surface area contributed by atoms with E-state index >= 15 is 0 Å². The third-order valence-electron chi connectivity index (χ3n) is 3.28. The molecule has 0 spiro atoms. The first-order valence-electron chi connectivity index (χ1n) is 6.05. The van der Waals surface area contributed by atoms with Crippen LogP contribution in [0.25, 0.3) is 10.4 Å². The van der Waals surface area contributed by atoms with Crippen LogP contribution in [-0.4, -0.2) is 31.1 Å². The van der Waals surface area contributed by atoms with Crippen molar-refractivity contribution >= 4 is 0 Å². The second-order valence-corrected chi connectivity index (χ2v) is 4.43. The van der Waals surface area contributed by atoms with Gasteiger partial charge in [0.1, 0.15) is 0 Å². The van der Waals surface area contributed by atoms with Gasteiger partial charge in [-0.3, -0.25) is 0 Å². The third kappa shape index (κ3) is 5.05. The van der Waals surface area contributed by atoms with Crippen molar-refractivity contribution in [1.29, 1.82) is 0 Å². The lowest BCUT2D eigenvalue weighted by atomic mass is 10.1. The van der Waals surface area contributed by atoms with Crippen molar-refractivity contribution in [3.8, 4) is 0 Å². The highest BCUT2D eigenvalue weighted by Gasteiger charge is 2.15. The fraction of sp³-hybridized carbons (Fsp3) is 1.00. The first-order chi connectivity index (χ1) is 7.34. The van der Waals surface area contributed by atoms with Gasteiger partial charge in [-0.15, -0.1) is 0 Å². The van der Waals surface area contributed by atoms with Gasteiger partial charge < -0.3 is 4.90 Å². The molecule has 15 heavy (non-hydrogen) atoms. The van der Waals surface area contributed by atoms with Gasteiger partial charge in [-0.1, -0.05) is 30.8 Å². The summed E-state index contributed by atoms with van der Waals surface area (Å²) < 4.78 is 0. The normalized spacial score (nSPS) is 18.5. The van der Waals surface area contributed by atoms with E-state index in [0.29, 0.717) is 6.54 Å². The number of hydrogen-bond donors (Lipinski definition) is 0. The summed E-state index contributed by atoms with van der Waals surface area (Å²) in [6.45, 7) is 1.69. The Morgan fingerprint density at radius 2 is 1.93 bits per heavy atom. The summed E-state index contributed by atoms with van der Waals surface area (Å²) in [5.41, 5.74) is 8.16. The molecule has 86 valence electrons. The van der Waals surface area contributed by atoms with Gasteiger partial charge in [0, 0.05) is 17.5 Å². The first-order valence-corrected chi connectivity index (χ1v) is 6.05. The highest BCUT2D eigenvalue weighted by Crippen LogP contribution is 2.20. The predicted octanol–water partition coefficient (Wildman–Crippen LogP) is 3.34. The smallest absolute Gasteiger partial charge is 0.0270 e. The summed E-state index contributed by atoms with van der Waals surface area (Å²) in [6, 6.07) is 0.763. The van der Waals surface area contributed by atoms with E-state index < -0.39 is 0 Å². The lowest BCUT2D eigenvalue weighted by Gasteiger charge is -2.26. The summed E-state index contributed by atoms with van der Waals surface area (Å²) in [6.07, 6.45) is 9.25. The van der Waals surface area contributed by atoms with Crippen LogP contribution in [0.2, 0.25) is 0 Å². The van der Waals surface area contributed by atoms with Crippen LogP contribution in [0.3, 0.4) is 0 Å². The minimum atomic E-state index is 0.633. The minimum absolute atomic E-state index is 0.633. The van der Waals surface area contributed by atoms with E-state index in [0.717, 1.165) is 19.0 Å². The Hall–Kier alpha value is -0.730. The number of nitrogens with zero attached hydrogens (tertiary/aromatic N) is 4. The summed E-state index contributed by atoms with van der Waals surface area (Å²) in [5, 5.41) is 3.56. The fourth-order valence-corrected chi connectivity index (χ4v) is 2.32. The SMILES string of the molecule is CN(CCCN=[N+]=[N-])C1CCCCCC1. The molecule has 1 aliphatic rings. The molecule has 0 radical (unpaired) electrons. The molecule has 0 aromatic heterocycles. The summed E-state index contributed by atoms with van der Waals surface area (Å²) in [7, 11) is 2.20. The highest BCUT2D eigenvalue weighted by atomic mass is 15.1. The van der Waals surface area contributed by atoms with Crippen molar-refractivity contribution in [2.24, 2.45) is 5.11 Å². The first kappa shape index (κ1) is 12.3. The molecule has 1 fully saturated rings. The summed E-state index contributed by atoms with van der Waals surface area (Å²) in [5.74, 6) is 0. The highest BCUT2D eigenvalue weighted by molar-refractivity contribution is 4.72. The van der Waals surface area contributed by atoms with Gasteiger partial charge in [0.2, 0.25) is 0 Å². The molecule has 1 rings (SSSR count). The van der Waals surface area contributed by atoms with Crippen LogP contribution in [-0.2, 0) is 0 Å². The second kappa shape index (κ2) is 7.55. The van der Waals surface area contributed by atoms with E-state index in [4.69, 9.17) is 5.53 Å². The maximum Gasteiger partial charge on any atom is 0.0270 e. The topological polar surface area (TPSA) is 52.0 Å². The van der Waals surface area contributed by atoms with Gasteiger partial charge in [-0.25, -0.2) is 0 Å². The molecule has 0 heterocycles. The average Bonchev–Trinajstić information content (AvgIpc) is 2.52. The Morgan fingerprint density at radius 1 is 1.27 bits per heavy atom. The number of azide groups is 1. The van der Waals surface area contributed by atoms with Crippen LogP contribution in [0, 0.1) is 0 Å². The van der Waals surface area contributed by atoms with Crippen molar-refractivity contribution in [2.75, 3.05) is 20.1 Å². The standard InChI is InChI=1S/C11H22N4/c1-15(10-6-9-13-14-12)11-7-4-2-3-5-8-11/h11H,2-10H2,1H3. The predicted molar refractivity (Wildman–Crippen MR) is 62.8 cm³/mol.